The van der Waals surface area contributed by atoms with Crippen molar-refractivity contribution in [2.75, 3.05) is 0 Å². The van der Waals surface area contributed by atoms with Crippen molar-refractivity contribution in [1.82, 2.24) is 0 Å². The van der Waals surface area contributed by atoms with E-state index in [4.69, 9.17) is 6.57 Å². The van der Waals surface area contributed by atoms with Crippen molar-refractivity contribution in [1.29, 1.82) is 0 Å². The van der Waals surface area contributed by atoms with Crippen molar-refractivity contribution in [3.05, 3.63) is 46.8 Å². The molecular formula is C11H11N. The topological polar surface area (TPSA) is 4.36 Å². The van der Waals surface area contributed by atoms with Gasteiger partial charge < -0.3 is 4.85 Å². The minimum Gasteiger partial charge on any atom is -0.305 e. The molecule has 12 heavy (non-hydrogen) atoms. The van der Waals surface area contributed by atoms with Gasteiger partial charge in [0.15, 0.2) is 0 Å². The zero-order chi connectivity index (χ0) is 8.60. The van der Waals surface area contributed by atoms with Gasteiger partial charge in [0.1, 0.15) is 0 Å². The quantitative estimate of drug-likeness (QED) is 0.552. The molecular weight excluding hydrogens is 146 g/mol. The predicted octanol–water partition coefficient (Wildman–Crippen LogP) is 2.90. The third-order valence-corrected chi connectivity index (χ3v) is 2.53. The van der Waals surface area contributed by atoms with Crippen LogP contribution in [0.1, 0.15) is 24.0 Å². The Hall–Kier alpha value is -1.29. The smallest absolute Gasteiger partial charge is 0.258 e. The van der Waals surface area contributed by atoms with Gasteiger partial charge in [-0.3, -0.25) is 0 Å². The van der Waals surface area contributed by atoms with E-state index in [1.54, 1.807) is 0 Å². The summed E-state index contributed by atoms with van der Waals surface area (Å²) in [5.74, 6) is 0. The third kappa shape index (κ3) is 1.00. The second kappa shape index (κ2) is 2.35. The minimum atomic E-state index is -0.131. The average molecular weight is 157 g/mol. The summed E-state index contributed by atoms with van der Waals surface area (Å²) in [7, 11) is 0. The molecule has 0 saturated heterocycles. The van der Waals surface area contributed by atoms with E-state index in [0.29, 0.717) is 0 Å². The van der Waals surface area contributed by atoms with Crippen molar-refractivity contribution in [3.63, 3.8) is 0 Å². The van der Waals surface area contributed by atoms with Crippen molar-refractivity contribution in [3.8, 4) is 0 Å². The maximum atomic E-state index is 7.08. The van der Waals surface area contributed by atoms with Gasteiger partial charge >= 0.3 is 0 Å². The Bertz CT molecular complexity index is 325. The van der Waals surface area contributed by atoms with Crippen LogP contribution >= 0.6 is 0 Å². The molecule has 0 amide bonds. The van der Waals surface area contributed by atoms with Crippen LogP contribution in [0.2, 0.25) is 0 Å². The van der Waals surface area contributed by atoms with Crippen LogP contribution in [-0.4, -0.2) is 0 Å². The standard InChI is InChI=1S/C11H11N/c1-9-3-5-10(6-4-9)11(12-2)7-8-11/h3-6H,7-8H2,1H3. The molecule has 0 unspecified atom stereocenters. The lowest BCUT2D eigenvalue weighted by molar-refractivity contribution is 0.883. The fourth-order valence-corrected chi connectivity index (χ4v) is 1.45. The number of hydrogen-bond donors (Lipinski definition) is 0. The molecule has 1 nitrogen and oxygen atoms in total. The van der Waals surface area contributed by atoms with Gasteiger partial charge in [-0.25, -0.2) is 6.57 Å². The van der Waals surface area contributed by atoms with Crippen LogP contribution in [0.25, 0.3) is 4.85 Å². The molecule has 0 aromatic heterocycles. The molecule has 0 bridgehead atoms. The summed E-state index contributed by atoms with van der Waals surface area (Å²) in [5.41, 5.74) is 2.33. The molecule has 2 rings (SSSR count). The first-order chi connectivity index (χ1) is 5.77. The van der Waals surface area contributed by atoms with Gasteiger partial charge in [-0.05, 0) is 6.92 Å². The molecule has 1 aliphatic carbocycles. The monoisotopic (exact) mass is 157 g/mol. The molecule has 0 aliphatic heterocycles. The number of nitrogens with zero attached hydrogens (tertiary/aromatic N) is 1. The Morgan fingerprint density at radius 2 is 1.83 bits per heavy atom. The second-order valence-corrected chi connectivity index (χ2v) is 3.51. The first-order valence-electron chi connectivity index (χ1n) is 4.23. The Balaban J connectivity index is 2.37. The third-order valence-electron chi connectivity index (χ3n) is 2.53. The Morgan fingerprint density at radius 3 is 2.25 bits per heavy atom. The highest BCUT2D eigenvalue weighted by Crippen LogP contribution is 2.49. The maximum absolute atomic E-state index is 7.08. The molecule has 60 valence electrons. The summed E-state index contributed by atoms with van der Waals surface area (Å²) in [6, 6.07) is 8.34. The number of benzene rings is 1. The predicted molar refractivity (Wildman–Crippen MR) is 48.7 cm³/mol. The van der Waals surface area contributed by atoms with Crippen LogP contribution in [0, 0.1) is 13.5 Å². The van der Waals surface area contributed by atoms with Gasteiger partial charge in [0, 0.05) is 18.4 Å². The summed E-state index contributed by atoms with van der Waals surface area (Å²) in [5, 5.41) is 0. The van der Waals surface area contributed by atoms with E-state index in [9.17, 15) is 0 Å². The zero-order valence-corrected chi connectivity index (χ0v) is 7.17. The molecule has 1 fully saturated rings. The highest BCUT2D eigenvalue weighted by molar-refractivity contribution is 5.35. The van der Waals surface area contributed by atoms with Gasteiger partial charge in [0.25, 0.3) is 5.54 Å². The first kappa shape index (κ1) is 7.36. The van der Waals surface area contributed by atoms with Gasteiger partial charge in [-0.15, -0.1) is 0 Å². The normalized spacial score (nSPS) is 18.3. The van der Waals surface area contributed by atoms with Crippen LogP contribution in [0.15, 0.2) is 24.3 Å². The Labute approximate surface area is 72.9 Å². The summed E-state index contributed by atoms with van der Waals surface area (Å²) in [6.45, 7) is 9.15. The van der Waals surface area contributed by atoms with E-state index >= 15 is 0 Å². The fourth-order valence-electron chi connectivity index (χ4n) is 1.45. The lowest BCUT2D eigenvalue weighted by Crippen LogP contribution is -1.98. The summed E-state index contributed by atoms with van der Waals surface area (Å²) < 4.78 is 0. The zero-order valence-electron chi connectivity index (χ0n) is 7.17. The van der Waals surface area contributed by atoms with E-state index in [0.717, 1.165) is 12.8 Å². The fraction of sp³-hybridized carbons (Fsp3) is 0.364. The van der Waals surface area contributed by atoms with Gasteiger partial charge in [0.05, 0.1) is 0 Å². The SMILES string of the molecule is [C-]#[N+]C1(c2ccc(C)cc2)CC1. The number of hydrogen-bond acceptors (Lipinski definition) is 0. The van der Waals surface area contributed by atoms with E-state index in [-0.39, 0.29) is 5.54 Å². The van der Waals surface area contributed by atoms with Crippen LogP contribution in [0.3, 0.4) is 0 Å². The Morgan fingerprint density at radius 1 is 1.25 bits per heavy atom. The van der Waals surface area contributed by atoms with E-state index in [2.05, 4.69) is 36.0 Å². The second-order valence-electron chi connectivity index (χ2n) is 3.51. The molecule has 0 atom stereocenters. The average Bonchev–Trinajstić information content (AvgIpc) is 2.86. The van der Waals surface area contributed by atoms with E-state index in [1.807, 2.05) is 0 Å². The van der Waals surface area contributed by atoms with E-state index < -0.39 is 0 Å². The van der Waals surface area contributed by atoms with Crippen LogP contribution in [0.5, 0.6) is 0 Å². The highest BCUT2D eigenvalue weighted by atomic mass is 14.9. The molecule has 1 aromatic carbocycles. The molecule has 1 heteroatoms. The summed E-state index contributed by atoms with van der Waals surface area (Å²) in [6.07, 6.45) is 2.08. The Kier molecular flexibility index (Phi) is 1.44. The van der Waals surface area contributed by atoms with E-state index in [1.165, 1.54) is 11.1 Å². The largest absolute Gasteiger partial charge is 0.305 e. The van der Waals surface area contributed by atoms with Crippen molar-refractivity contribution < 1.29 is 0 Å². The van der Waals surface area contributed by atoms with Crippen molar-refractivity contribution in [2.45, 2.75) is 25.3 Å². The molecule has 0 N–H and O–H groups in total. The first-order valence-corrected chi connectivity index (χ1v) is 4.23. The lowest BCUT2D eigenvalue weighted by Gasteiger charge is -2.01. The van der Waals surface area contributed by atoms with Crippen molar-refractivity contribution in [2.24, 2.45) is 0 Å². The number of rotatable bonds is 1. The van der Waals surface area contributed by atoms with Crippen LogP contribution in [-0.2, 0) is 5.54 Å². The lowest BCUT2D eigenvalue weighted by atomic mass is 10.0. The summed E-state index contributed by atoms with van der Waals surface area (Å²) >= 11 is 0. The van der Waals surface area contributed by atoms with Crippen molar-refractivity contribution >= 4 is 0 Å². The van der Waals surface area contributed by atoms with Gasteiger partial charge in [-0.1, -0.05) is 29.8 Å². The molecule has 1 aliphatic rings. The molecule has 1 aromatic rings. The molecule has 0 spiro atoms. The van der Waals surface area contributed by atoms with Crippen LogP contribution in [0.4, 0.5) is 0 Å². The highest BCUT2D eigenvalue weighted by Gasteiger charge is 2.52. The van der Waals surface area contributed by atoms with Gasteiger partial charge in [-0.2, -0.15) is 0 Å². The van der Waals surface area contributed by atoms with Crippen LogP contribution < -0.4 is 0 Å². The minimum absolute atomic E-state index is 0.131. The maximum Gasteiger partial charge on any atom is 0.258 e. The van der Waals surface area contributed by atoms with Gasteiger partial charge in [0.2, 0.25) is 0 Å². The summed E-state index contributed by atoms with van der Waals surface area (Å²) in [4.78, 5) is 3.68. The molecule has 0 radical (unpaired) electrons. The molecule has 1 saturated carbocycles. The number of aryl methyl sites for hydroxylation is 1. The molecule has 0 heterocycles.